The molecule has 3 rings (SSSR count). The summed E-state index contributed by atoms with van der Waals surface area (Å²) in [6.45, 7) is 2.07. The molecule has 0 aliphatic rings. The molecule has 3 aromatic rings. The summed E-state index contributed by atoms with van der Waals surface area (Å²) in [7, 11) is 1.34. The number of rotatable bonds is 5. The fourth-order valence-corrected chi connectivity index (χ4v) is 2.74. The van der Waals surface area contributed by atoms with Gasteiger partial charge in [-0.2, -0.15) is 5.10 Å². The van der Waals surface area contributed by atoms with Crippen molar-refractivity contribution in [1.29, 1.82) is 0 Å². The first kappa shape index (κ1) is 14.5. The second kappa shape index (κ2) is 6.14. The Kier molecular flexibility index (Phi) is 4.05. The highest BCUT2D eigenvalue weighted by atomic mass is 32.2. The number of H-pyrrole nitrogens is 1. The van der Waals surface area contributed by atoms with Gasteiger partial charge in [-0.3, -0.25) is 4.79 Å². The normalized spacial score (nSPS) is 11.0. The quantitative estimate of drug-likeness (QED) is 0.561. The van der Waals surface area contributed by atoms with Crippen molar-refractivity contribution in [2.75, 3.05) is 7.11 Å². The first-order valence-corrected chi connectivity index (χ1v) is 7.48. The Morgan fingerprint density at radius 3 is 2.95 bits per heavy atom. The smallest absolute Gasteiger partial charge is 0.327 e. The van der Waals surface area contributed by atoms with E-state index in [1.165, 1.54) is 29.9 Å². The highest BCUT2D eigenvalue weighted by Crippen LogP contribution is 2.28. The molecule has 3 heterocycles. The van der Waals surface area contributed by atoms with E-state index in [-0.39, 0.29) is 12.5 Å². The van der Waals surface area contributed by atoms with E-state index in [9.17, 15) is 4.79 Å². The zero-order chi connectivity index (χ0) is 15.5. The molecule has 0 saturated carbocycles. The van der Waals surface area contributed by atoms with Gasteiger partial charge >= 0.3 is 5.97 Å². The molecular formula is C13H14N6O2S. The van der Waals surface area contributed by atoms with Crippen molar-refractivity contribution in [1.82, 2.24) is 29.7 Å². The summed E-state index contributed by atoms with van der Waals surface area (Å²) in [6.07, 6.45) is 5.79. The summed E-state index contributed by atoms with van der Waals surface area (Å²) in [5, 5.41) is 6.44. The molecule has 3 aromatic heterocycles. The lowest BCUT2D eigenvalue weighted by molar-refractivity contribution is -0.141. The van der Waals surface area contributed by atoms with Gasteiger partial charge in [0.1, 0.15) is 17.9 Å². The molecule has 0 fully saturated rings. The average molecular weight is 318 g/mol. The van der Waals surface area contributed by atoms with Gasteiger partial charge in [0.2, 0.25) is 0 Å². The highest BCUT2D eigenvalue weighted by Gasteiger charge is 2.14. The number of methoxy groups -OCH3 is 1. The number of nitrogens with one attached hydrogen (secondary N) is 1. The number of aryl methyl sites for hydroxylation is 1. The van der Waals surface area contributed by atoms with Crippen molar-refractivity contribution in [3.8, 4) is 0 Å². The van der Waals surface area contributed by atoms with Crippen molar-refractivity contribution in [3.05, 3.63) is 24.4 Å². The third-order valence-electron chi connectivity index (χ3n) is 3.08. The Hall–Kier alpha value is -2.42. The van der Waals surface area contributed by atoms with Crippen LogP contribution in [0.4, 0.5) is 0 Å². The van der Waals surface area contributed by atoms with E-state index >= 15 is 0 Å². The number of ether oxygens (including phenoxy) is 1. The van der Waals surface area contributed by atoms with Gasteiger partial charge in [0.25, 0.3) is 0 Å². The third kappa shape index (κ3) is 2.80. The monoisotopic (exact) mass is 318 g/mol. The van der Waals surface area contributed by atoms with E-state index in [1.807, 2.05) is 0 Å². The Morgan fingerprint density at radius 1 is 1.36 bits per heavy atom. The number of aromatic amines is 1. The molecule has 0 aliphatic carbocycles. The maximum atomic E-state index is 11.4. The maximum Gasteiger partial charge on any atom is 0.327 e. The maximum absolute atomic E-state index is 11.4. The number of esters is 1. The van der Waals surface area contributed by atoms with Gasteiger partial charge in [0.05, 0.1) is 18.7 Å². The van der Waals surface area contributed by atoms with Crippen LogP contribution in [-0.4, -0.2) is 42.8 Å². The fourth-order valence-electron chi connectivity index (χ4n) is 1.92. The number of imidazole rings is 1. The molecule has 22 heavy (non-hydrogen) atoms. The molecule has 0 aliphatic heterocycles. The lowest BCUT2D eigenvalue weighted by Crippen LogP contribution is -2.12. The number of carbonyl (C=O) groups is 1. The average Bonchev–Trinajstić information content (AvgIpc) is 3.15. The van der Waals surface area contributed by atoms with E-state index in [4.69, 9.17) is 0 Å². The van der Waals surface area contributed by atoms with Crippen LogP contribution < -0.4 is 0 Å². The van der Waals surface area contributed by atoms with Crippen LogP contribution in [0.1, 0.15) is 12.6 Å². The molecule has 0 amide bonds. The number of fused-ring (bicyclic) bond motifs is 1. The lowest BCUT2D eigenvalue weighted by atomic mass is 10.4. The molecule has 1 N–H and O–H groups in total. The number of nitrogens with zero attached hydrogens (tertiary/aromatic N) is 5. The summed E-state index contributed by atoms with van der Waals surface area (Å²) in [5.41, 5.74) is 1.65. The molecule has 0 radical (unpaired) electrons. The number of carbonyl (C=O) groups excluding carboxylic acids is 1. The first-order valence-electron chi connectivity index (χ1n) is 6.66. The molecule has 8 nitrogen and oxygen atoms in total. The van der Waals surface area contributed by atoms with Crippen LogP contribution in [-0.2, 0) is 22.5 Å². The van der Waals surface area contributed by atoms with Crippen molar-refractivity contribution in [3.63, 3.8) is 0 Å². The van der Waals surface area contributed by atoms with Gasteiger partial charge in [-0.25, -0.2) is 19.6 Å². The molecule has 0 bridgehead atoms. The minimum absolute atomic E-state index is 0.0157. The van der Waals surface area contributed by atoms with Crippen molar-refractivity contribution < 1.29 is 9.53 Å². The van der Waals surface area contributed by atoms with Gasteiger partial charge in [0.15, 0.2) is 10.8 Å². The zero-order valence-electron chi connectivity index (χ0n) is 12.1. The first-order chi connectivity index (χ1) is 10.7. The Labute approximate surface area is 130 Å². The summed E-state index contributed by atoms with van der Waals surface area (Å²) >= 11 is 1.40. The van der Waals surface area contributed by atoms with Crippen LogP contribution >= 0.6 is 11.8 Å². The van der Waals surface area contributed by atoms with Gasteiger partial charge < -0.3 is 9.72 Å². The molecule has 0 spiro atoms. The zero-order valence-corrected chi connectivity index (χ0v) is 12.9. The van der Waals surface area contributed by atoms with Crippen molar-refractivity contribution in [2.24, 2.45) is 0 Å². The SMILES string of the molecule is CCc1cnc(Sc2ncnc3c2cnn3CC(=O)OC)[nH]1. The molecule has 9 heteroatoms. The predicted molar refractivity (Wildman–Crippen MR) is 79.4 cm³/mol. The molecule has 0 saturated heterocycles. The molecule has 0 atom stereocenters. The minimum atomic E-state index is -0.378. The summed E-state index contributed by atoms with van der Waals surface area (Å²) in [4.78, 5) is 27.4. The molecule has 0 unspecified atom stereocenters. The second-order valence-corrected chi connectivity index (χ2v) is 5.44. The topological polar surface area (TPSA) is 98.6 Å². The summed E-state index contributed by atoms with van der Waals surface area (Å²) in [5.74, 6) is -0.378. The standard InChI is InChI=1S/C13H14N6O2S/c1-3-8-4-14-13(18-8)22-12-9-5-17-19(6-10(20)21-2)11(9)15-7-16-12/h4-5,7H,3,6H2,1-2H3,(H,14,18). The van der Waals surface area contributed by atoms with Crippen molar-refractivity contribution >= 4 is 28.8 Å². The molecule has 0 aromatic carbocycles. The number of hydrogen-bond donors (Lipinski definition) is 1. The van der Waals surface area contributed by atoms with Gasteiger partial charge in [-0.1, -0.05) is 6.92 Å². The molecule has 114 valence electrons. The number of hydrogen-bond acceptors (Lipinski definition) is 7. The summed E-state index contributed by atoms with van der Waals surface area (Å²) < 4.78 is 6.14. The molecular weight excluding hydrogens is 304 g/mol. The fraction of sp³-hybridized carbons (Fsp3) is 0.308. The van der Waals surface area contributed by atoms with Gasteiger partial charge in [-0.15, -0.1) is 0 Å². The van der Waals surface area contributed by atoms with Crippen LogP contribution in [0.5, 0.6) is 0 Å². The highest BCUT2D eigenvalue weighted by molar-refractivity contribution is 7.99. The van der Waals surface area contributed by atoms with E-state index in [1.54, 1.807) is 12.4 Å². The van der Waals surface area contributed by atoms with E-state index in [0.717, 1.165) is 27.7 Å². The van der Waals surface area contributed by atoms with E-state index in [2.05, 4.69) is 36.7 Å². The van der Waals surface area contributed by atoms with Crippen LogP contribution in [0.25, 0.3) is 11.0 Å². The van der Waals surface area contributed by atoms with Gasteiger partial charge in [-0.05, 0) is 18.2 Å². The third-order valence-corrected chi connectivity index (χ3v) is 4.00. The van der Waals surface area contributed by atoms with Crippen LogP contribution in [0.3, 0.4) is 0 Å². The van der Waals surface area contributed by atoms with E-state index < -0.39 is 0 Å². The Bertz CT molecular complexity index is 812. The van der Waals surface area contributed by atoms with Gasteiger partial charge in [0, 0.05) is 11.9 Å². The largest absolute Gasteiger partial charge is 0.468 e. The predicted octanol–water partition coefficient (Wildman–Crippen LogP) is 1.44. The summed E-state index contributed by atoms with van der Waals surface area (Å²) in [6, 6.07) is 0. The van der Waals surface area contributed by atoms with E-state index in [0.29, 0.717) is 5.65 Å². The second-order valence-electron chi connectivity index (χ2n) is 4.46. The Morgan fingerprint density at radius 2 is 2.23 bits per heavy atom. The minimum Gasteiger partial charge on any atom is -0.468 e. The number of aromatic nitrogens is 6. The Balaban J connectivity index is 1.92. The van der Waals surface area contributed by atoms with Crippen LogP contribution in [0.15, 0.2) is 28.9 Å². The lowest BCUT2D eigenvalue weighted by Gasteiger charge is -2.02. The van der Waals surface area contributed by atoms with Crippen LogP contribution in [0.2, 0.25) is 0 Å². The van der Waals surface area contributed by atoms with Crippen LogP contribution in [0, 0.1) is 0 Å². The van der Waals surface area contributed by atoms with Crippen molar-refractivity contribution in [2.45, 2.75) is 30.1 Å².